The van der Waals surface area contributed by atoms with Crippen LogP contribution in [0.4, 0.5) is 0 Å². The normalized spacial score (nSPS) is 20.4. The molecule has 1 unspecified atom stereocenters. The highest BCUT2D eigenvalue weighted by atomic mass is 32.2. The number of ether oxygens (including phenoxy) is 1. The average Bonchev–Trinajstić information content (AvgIpc) is 2.49. The van der Waals surface area contributed by atoms with Gasteiger partial charge in [0.2, 0.25) is 10.0 Å². The van der Waals surface area contributed by atoms with E-state index in [1.165, 1.54) is 4.31 Å². The van der Waals surface area contributed by atoms with Crippen molar-refractivity contribution in [3.8, 4) is 5.75 Å². The quantitative estimate of drug-likeness (QED) is 0.870. The second-order valence-electron chi connectivity index (χ2n) is 5.29. The lowest BCUT2D eigenvalue weighted by Gasteiger charge is -2.31. The first kappa shape index (κ1) is 16.3. The second-order valence-corrected chi connectivity index (χ2v) is 7.23. The molecule has 6 heteroatoms. The van der Waals surface area contributed by atoms with Gasteiger partial charge in [-0.25, -0.2) is 8.42 Å². The standard InChI is InChI=1S/C15H23NO4S/c1-2-20-14-5-7-15(8-6-14)21(18,19)16-10-3-4-13(12-16)9-11-17/h5-8,13,17H,2-4,9-12H2,1H3. The minimum Gasteiger partial charge on any atom is -0.494 e. The fraction of sp³-hybridized carbons (Fsp3) is 0.600. The molecule has 1 aliphatic heterocycles. The maximum Gasteiger partial charge on any atom is 0.243 e. The molecule has 1 fully saturated rings. The van der Waals surface area contributed by atoms with Crippen molar-refractivity contribution in [1.29, 1.82) is 0 Å². The van der Waals surface area contributed by atoms with Crippen molar-refractivity contribution in [2.75, 3.05) is 26.3 Å². The third kappa shape index (κ3) is 3.96. The summed E-state index contributed by atoms with van der Waals surface area (Å²) in [5.74, 6) is 0.925. The summed E-state index contributed by atoms with van der Waals surface area (Å²) in [6, 6.07) is 6.56. The Hall–Kier alpha value is -1.11. The molecule has 1 aromatic carbocycles. The lowest BCUT2D eigenvalue weighted by molar-refractivity contribution is 0.203. The molecule has 0 aliphatic carbocycles. The molecule has 1 aromatic rings. The first-order chi connectivity index (χ1) is 10.1. The smallest absolute Gasteiger partial charge is 0.243 e. The van der Waals surface area contributed by atoms with Gasteiger partial charge in [-0.1, -0.05) is 0 Å². The van der Waals surface area contributed by atoms with Gasteiger partial charge in [-0.05, 0) is 56.4 Å². The van der Waals surface area contributed by atoms with Gasteiger partial charge in [0.05, 0.1) is 11.5 Å². The van der Waals surface area contributed by atoms with E-state index >= 15 is 0 Å². The van der Waals surface area contributed by atoms with Crippen LogP contribution in [0.15, 0.2) is 29.2 Å². The van der Waals surface area contributed by atoms with Crippen molar-refractivity contribution in [2.45, 2.75) is 31.1 Å². The van der Waals surface area contributed by atoms with Gasteiger partial charge in [0.25, 0.3) is 0 Å². The highest BCUT2D eigenvalue weighted by Gasteiger charge is 2.29. The number of piperidine rings is 1. The van der Waals surface area contributed by atoms with Gasteiger partial charge >= 0.3 is 0 Å². The molecular weight excluding hydrogens is 290 g/mol. The van der Waals surface area contributed by atoms with Crippen molar-refractivity contribution in [3.05, 3.63) is 24.3 Å². The number of hydrogen-bond donors (Lipinski definition) is 1. The molecule has 1 N–H and O–H groups in total. The molecule has 21 heavy (non-hydrogen) atoms. The van der Waals surface area contributed by atoms with E-state index in [2.05, 4.69) is 0 Å². The molecule has 0 saturated carbocycles. The second kappa shape index (κ2) is 7.24. The van der Waals surface area contributed by atoms with Crippen molar-refractivity contribution >= 4 is 10.0 Å². The van der Waals surface area contributed by atoms with E-state index in [-0.39, 0.29) is 12.5 Å². The van der Waals surface area contributed by atoms with Crippen LogP contribution in [0, 0.1) is 5.92 Å². The number of nitrogens with zero attached hydrogens (tertiary/aromatic N) is 1. The summed E-state index contributed by atoms with van der Waals surface area (Å²) < 4.78 is 32.1. The van der Waals surface area contributed by atoms with Gasteiger partial charge in [0.15, 0.2) is 0 Å². The SMILES string of the molecule is CCOc1ccc(S(=O)(=O)N2CCCC(CCO)C2)cc1. The van der Waals surface area contributed by atoms with Crippen LogP contribution in [0.2, 0.25) is 0 Å². The fourth-order valence-corrected chi connectivity index (χ4v) is 4.24. The number of benzene rings is 1. The van der Waals surface area contributed by atoms with Crippen LogP contribution in [0.3, 0.4) is 0 Å². The minimum atomic E-state index is -3.45. The lowest BCUT2D eigenvalue weighted by atomic mass is 9.97. The van der Waals surface area contributed by atoms with Gasteiger partial charge in [-0.3, -0.25) is 0 Å². The van der Waals surface area contributed by atoms with E-state index in [4.69, 9.17) is 9.84 Å². The molecule has 0 amide bonds. The van der Waals surface area contributed by atoms with Gasteiger partial charge in [-0.2, -0.15) is 4.31 Å². The average molecular weight is 313 g/mol. The van der Waals surface area contributed by atoms with E-state index in [1.54, 1.807) is 24.3 Å². The summed E-state index contributed by atoms with van der Waals surface area (Å²) in [6.07, 6.45) is 2.49. The Morgan fingerprint density at radius 1 is 1.33 bits per heavy atom. The number of hydrogen-bond acceptors (Lipinski definition) is 4. The van der Waals surface area contributed by atoms with E-state index in [9.17, 15) is 8.42 Å². The fourth-order valence-electron chi connectivity index (χ4n) is 2.69. The number of aliphatic hydroxyl groups is 1. The lowest BCUT2D eigenvalue weighted by Crippen LogP contribution is -2.40. The molecule has 1 heterocycles. The Balaban J connectivity index is 2.13. The van der Waals surface area contributed by atoms with E-state index in [0.29, 0.717) is 36.8 Å². The van der Waals surface area contributed by atoms with E-state index < -0.39 is 10.0 Å². The summed E-state index contributed by atoms with van der Waals surface area (Å²) in [5.41, 5.74) is 0. The van der Waals surface area contributed by atoms with E-state index in [1.807, 2.05) is 6.92 Å². The molecule has 1 aliphatic rings. The summed E-state index contributed by atoms with van der Waals surface area (Å²) in [4.78, 5) is 0.301. The molecule has 0 aromatic heterocycles. The van der Waals surface area contributed by atoms with Crippen molar-refractivity contribution in [3.63, 3.8) is 0 Å². The van der Waals surface area contributed by atoms with E-state index in [0.717, 1.165) is 12.8 Å². The maximum absolute atomic E-state index is 12.6. The molecule has 5 nitrogen and oxygen atoms in total. The minimum absolute atomic E-state index is 0.113. The molecule has 1 saturated heterocycles. The Morgan fingerprint density at radius 2 is 2.05 bits per heavy atom. The topological polar surface area (TPSA) is 66.8 Å². The van der Waals surface area contributed by atoms with Crippen LogP contribution in [0.1, 0.15) is 26.2 Å². The summed E-state index contributed by atoms with van der Waals surface area (Å²) in [6.45, 7) is 3.61. The van der Waals surface area contributed by atoms with Gasteiger partial charge in [-0.15, -0.1) is 0 Å². The van der Waals surface area contributed by atoms with Gasteiger partial charge in [0.1, 0.15) is 5.75 Å². The summed E-state index contributed by atoms with van der Waals surface area (Å²) in [5, 5.41) is 9.02. The predicted molar refractivity (Wildman–Crippen MR) is 80.8 cm³/mol. The predicted octanol–water partition coefficient (Wildman–Crippen LogP) is 1.87. The zero-order chi connectivity index (χ0) is 15.3. The molecule has 118 valence electrons. The summed E-state index contributed by atoms with van der Waals surface area (Å²) >= 11 is 0. The van der Waals surface area contributed by atoms with Gasteiger partial charge < -0.3 is 9.84 Å². The molecule has 0 bridgehead atoms. The third-order valence-corrected chi connectivity index (χ3v) is 5.67. The third-order valence-electron chi connectivity index (χ3n) is 3.79. The zero-order valence-corrected chi connectivity index (χ0v) is 13.2. The monoisotopic (exact) mass is 313 g/mol. The largest absolute Gasteiger partial charge is 0.494 e. The molecule has 0 radical (unpaired) electrons. The molecule has 1 atom stereocenters. The van der Waals surface area contributed by atoms with Crippen LogP contribution >= 0.6 is 0 Å². The Morgan fingerprint density at radius 3 is 2.67 bits per heavy atom. The van der Waals surface area contributed by atoms with Crippen molar-refractivity contribution in [1.82, 2.24) is 4.31 Å². The first-order valence-corrected chi connectivity index (χ1v) is 8.85. The first-order valence-electron chi connectivity index (χ1n) is 7.41. The van der Waals surface area contributed by atoms with Crippen molar-refractivity contribution < 1.29 is 18.3 Å². The highest BCUT2D eigenvalue weighted by Crippen LogP contribution is 2.26. The van der Waals surface area contributed by atoms with Crippen LogP contribution < -0.4 is 4.74 Å². The van der Waals surface area contributed by atoms with Crippen LogP contribution in [0.25, 0.3) is 0 Å². The zero-order valence-electron chi connectivity index (χ0n) is 12.4. The van der Waals surface area contributed by atoms with Crippen LogP contribution in [-0.2, 0) is 10.0 Å². The molecular formula is C15H23NO4S. The maximum atomic E-state index is 12.6. The highest BCUT2D eigenvalue weighted by molar-refractivity contribution is 7.89. The van der Waals surface area contributed by atoms with Crippen molar-refractivity contribution in [2.24, 2.45) is 5.92 Å². The Labute approximate surface area is 126 Å². The van der Waals surface area contributed by atoms with Gasteiger partial charge in [0, 0.05) is 19.7 Å². The number of rotatable bonds is 6. The summed E-state index contributed by atoms with van der Waals surface area (Å²) in [7, 11) is -3.45. The number of sulfonamides is 1. The Kier molecular flexibility index (Phi) is 5.61. The molecule has 0 spiro atoms. The molecule has 2 rings (SSSR count). The van der Waals surface area contributed by atoms with Crippen LogP contribution in [-0.4, -0.2) is 44.1 Å². The van der Waals surface area contributed by atoms with Crippen LogP contribution in [0.5, 0.6) is 5.75 Å². The Bertz CT molecular complexity index is 539. The number of aliphatic hydroxyl groups excluding tert-OH is 1.